The third-order valence-corrected chi connectivity index (χ3v) is 3.56. The highest BCUT2D eigenvalue weighted by Crippen LogP contribution is 2.18. The monoisotopic (exact) mass is 346 g/mol. The highest BCUT2D eigenvalue weighted by atomic mass is 35.5. The lowest BCUT2D eigenvalue weighted by atomic mass is 10.2. The summed E-state index contributed by atoms with van der Waals surface area (Å²) in [5.74, 6) is -0.514. The average Bonchev–Trinajstić information content (AvgIpc) is 2.56. The Bertz CT molecular complexity index is 784. The van der Waals surface area contributed by atoms with Gasteiger partial charge in [0.1, 0.15) is 11.6 Å². The molecule has 0 bridgehead atoms. The number of halogens is 2. The molecule has 0 aliphatic heterocycles. The standard InChI is InChI=1S/C16H12Cl2N4O/c17-13-5-2-1-4-11(13)9-22-16(23)12(8-19)10-21-14-6-3-7-20-15(14)18/h1-7,10,21H,9H2,(H,22,23)/b12-10-. The van der Waals surface area contributed by atoms with Crippen LogP contribution in [0.4, 0.5) is 5.69 Å². The number of aromatic nitrogens is 1. The third-order valence-electron chi connectivity index (χ3n) is 2.89. The number of nitrogens with zero attached hydrogens (tertiary/aromatic N) is 2. The molecule has 7 heteroatoms. The van der Waals surface area contributed by atoms with Crippen molar-refractivity contribution >= 4 is 34.8 Å². The molecule has 2 aromatic rings. The molecular formula is C16H12Cl2N4O. The van der Waals surface area contributed by atoms with Gasteiger partial charge in [0, 0.05) is 24.0 Å². The van der Waals surface area contributed by atoms with Gasteiger partial charge < -0.3 is 10.6 Å². The fourth-order valence-electron chi connectivity index (χ4n) is 1.70. The molecule has 1 heterocycles. The first-order chi connectivity index (χ1) is 11.1. The Balaban J connectivity index is 2.01. The van der Waals surface area contributed by atoms with Gasteiger partial charge in [-0.2, -0.15) is 5.26 Å². The number of amides is 1. The lowest BCUT2D eigenvalue weighted by Crippen LogP contribution is -2.24. The topological polar surface area (TPSA) is 77.8 Å². The molecule has 2 rings (SSSR count). The Labute approximate surface area is 143 Å². The number of nitriles is 1. The molecule has 0 atom stereocenters. The number of carbonyl (C=O) groups excluding carboxylic acids is 1. The van der Waals surface area contributed by atoms with Crippen LogP contribution in [0.1, 0.15) is 5.56 Å². The molecule has 5 nitrogen and oxygen atoms in total. The van der Waals surface area contributed by atoms with Crippen molar-refractivity contribution < 1.29 is 4.79 Å². The Hall–Kier alpha value is -2.55. The number of nitrogens with one attached hydrogen (secondary N) is 2. The second kappa shape index (κ2) is 8.18. The smallest absolute Gasteiger partial charge is 0.263 e. The van der Waals surface area contributed by atoms with Crippen molar-refractivity contribution in [2.75, 3.05) is 5.32 Å². The second-order valence-electron chi connectivity index (χ2n) is 4.43. The molecule has 1 aromatic carbocycles. The van der Waals surface area contributed by atoms with Gasteiger partial charge in [0.25, 0.3) is 5.91 Å². The van der Waals surface area contributed by atoms with Gasteiger partial charge >= 0.3 is 0 Å². The first kappa shape index (κ1) is 16.8. The summed E-state index contributed by atoms with van der Waals surface area (Å²) >= 11 is 11.9. The SMILES string of the molecule is N#C/C(=C/Nc1cccnc1Cl)C(=O)NCc1ccccc1Cl. The van der Waals surface area contributed by atoms with Crippen LogP contribution in [0.15, 0.2) is 54.4 Å². The van der Waals surface area contributed by atoms with Crippen molar-refractivity contribution in [3.05, 3.63) is 70.1 Å². The first-order valence-corrected chi connectivity index (χ1v) is 7.36. The highest BCUT2D eigenvalue weighted by molar-refractivity contribution is 6.32. The summed E-state index contributed by atoms with van der Waals surface area (Å²) in [6, 6.07) is 12.4. The Morgan fingerprint density at radius 3 is 2.74 bits per heavy atom. The Morgan fingerprint density at radius 2 is 2.04 bits per heavy atom. The molecule has 2 N–H and O–H groups in total. The summed E-state index contributed by atoms with van der Waals surface area (Å²) in [5, 5.41) is 15.3. The van der Waals surface area contributed by atoms with E-state index in [2.05, 4.69) is 15.6 Å². The predicted molar refractivity (Wildman–Crippen MR) is 89.9 cm³/mol. The second-order valence-corrected chi connectivity index (χ2v) is 5.20. The van der Waals surface area contributed by atoms with E-state index in [1.807, 2.05) is 12.1 Å². The zero-order valence-corrected chi connectivity index (χ0v) is 13.4. The van der Waals surface area contributed by atoms with Crippen molar-refractivity contribution in [3.63, 3.8) is 0 Å². The van der Waals surface area contributed by atoms with Crippen molar-refractivity contribution in [3.8, 4) is 6.07 Å². The van der Waals surface area contributed by atoms with E-state index < -0.39 is 5.91 Å². The fourth-order valence-corrected chi connectivity index (χ4v) is 2.08. The minimum atomic E-state index is -0.514. The maximum absolute atomic E-state index is 12.0. The van der Waals surface area contributed by atoms with Gasteiger partial charge in [-0.25, -0.2) is 4.98 Å². The molecule has 0 fully saturated rings. The number of benzene rings is 1. The molecule has 0 aliphatic carbocycles. The van der Waals surface area contributed by atoms with Crippen LogP contribution in [0.25, 0.3) is 0 Å². The van der Waals surface area contributed by atoms with Crippen LogP contribution in [0, 0.1) is 11.3 Å². The van der Waals surface area contributed by atoms with E-state index in [1.165, 1.54) is 6.20 Å². The Kier molecular flexibility index (Phi) is 5.98. The summed E-state index contributed by atoms with van der Waals surface area (Å²) in [6.07, 6.45) is 2.82. The summed E-state index contributed by atoms with van der Waals surface area (Å²) in [7, 11) is 0. The zero-order chi connectivity index (χ0) is 16.7. The molecule has 1 aromatic heterocycles. The van der Waals surface area contributed by atoms with Crippen molar-refractivity contribution in [1.29, 1.82) is 5.26 Å². The first-order valence-electron chi connectivity index (χ1n) is 6.60. The van der Waals surface area contributed by atoms with E-state index in [-0.39, 0.29) is 17.3 Å². The molecular weight excluding hydrogens is 335 g/mol. The van der Waals surface area contributed by atoms with E-state index >= 15 is 0 Å². The fraction of sp³-hybridized carbons (Fsp3) is 0.0625. The van der Waals surface area contributed by atoms with Crippen molar-refractivity contribution in [2.24, 2.45) is 0 Å². The molecule has 0 aliphatic rings. The minimum absolute atomic E-state index is 0.0861. The minimum Gasteiger partial charge on any atom is -0.358 e. The van der Waals surface area contributed by atoms with Crippen molar-refractivity contribution in [2.45, 2.75) is 6.54 Å². The molecule has 0 saturated carbocycles. The van der Waals surface area contributed by atoms with Crippen LogP contribution in [-0.2, 0) is 11.3 Å². The van der Waals surface area contributed by atoms with Crippen LogP contribution in [0.5, 0.6) is 0 Å². The molecule has 0 saturated heterocycles. The Morgan fingerprint density at radius 1 is 1.26 bits per heavy atom. The van der Waals surface area contributed by atoms with Gasteiger partial charge in [0.2, 0.25) is 0 Å². The summed E-state index contributed by atoms with van der Waals surface area (Å²) in [5.41, 5.74) is 1.18. The normalized spacial score (nSPS) is 10.7. The molecule has 0 unspecified atom stereocenters. The van der Waals surface area contributed by atoms with Crippen LogP contribution in [0.3, 0.4) is 0 Å². The van der Waals surface area contributed by atoms with E-state index in [0.29, 0.717) is 10.7 Å². The predicted octanol–water partition coefficient (Wildman–Crippen LogP) is 3.52. The third kappa shape index (κ3) is 4.71. The van der Waals surface area contributed by atoms with Crippen LogP contribution in [0.2, 0.25) is 10.2 Å². The number of anilines is 1. The number of pyridine rings is 1. The van der Waals surface area contributed by atoms with Gasteiger partial charge in [-0.05, 0) is 23.8 Å². The largest absolute Gasteiger partial charge is 0.358 e. The number of carbonyl (C=O) groups is 1. The maximum Gasteiger partial charge on any atom is 0.263 e. The quantitative estimate of drug-likeness (QED) is 0.493. The van der Waals surface area contributed by atoms with Gasteiger partial charge in [-0.15, -0.1) is 0 Å². The molecule has 1 amide bonds. The van der Waals surface area contributed by atoms with Gasteiger partial charge in [-0.3, -0.25) is 4.79 Å². The lowest BCUT2D eigenvalue weighted by molar-refractivity contribution is -0.117. The number of hydrogen-bond donors (Lipinski definition) is 2. The highest BCUT2D eigenvalue weighted by Gasteiger charge is 2.10. The average molecular weight is 347 g/mol. The van der Waals surface area contributed by atoms with Gasteiger partial charge in [-0.1, -0.05) is 41.4 Å². The summed E-state index contributed by atoms with van der Waals surface area (Å²) < 4.78 is 0. The summed E-state index contributed by atoms with van der Waals surface area (Å²) in [4.78, 5) is 15.9. The molecule has 116 valence electrons. The van der Waals surface area contributed by atoms with E-state index in [0.717, 1.165) is 5.56 Å². The lowest BCUT2D eigenvalue weighted by Gasteiger charge is -2.07. The van der Waals surface area contributed by atoms with Crippen molar-refractivity contribution in [1.82, 2.24) is 10.3 Å². The maximum atomic E-state index is 12.0. The number of rotatable bonds is 5. The van der Waals surface area contributed by atoms with Crippen LogP contribution < -0.4 is 10.6 Å². The van der Waals surface area contributed by atoms with Gasteiger partial charge in [0.05, 0.1) is 5.69 Å². The van der Waals surface area contributed by atoms with E-state index in [9.17, 15) is 4.79 Å². The van der Waals surface area contributed by atoms with E-state index in [1.54, 1.807) is 36.5 Å². The van der Waals surface area contributed by atoms with Crippen LogP contribution >= 0.6 is 23.2 Å². The van der Waals surface area contributed by atoms with Crippen LogP contribution in [-0.4, -0.2) is 10.9 Å². The molecule has 0 spiro atoms. The molecule has 0 radical (unpaired) electrons. The number of hydrogen-bond acceptors (Lipinski definition) is 4. The summed E-state index contributed by atoms with van der Waals surface area (Å²) in [6.45, 7) is 0.227. The zero-order valence-electron chi connectivity index (χ0n) is 11.9. The van der Waals surface area contributed by atoms with Gasteiger partial charge in [0.15, 0.2) is 5.15 Å². The van der Waals surface area contributed by atoms with E-state index in [4.69, 9.17) is 28.5 Å². The molecule has 23 heavy (non-hydrogen) atoms.